The molecular weight excluding hydrogens is 242 g/mol. The predicted octanol–water partition coefficient (Wildman–Crippen LogP) is 1.03. The number of hydrogen-bond donors (Lipinski definition) is 0. The van der Waals surface area contributed by atoms with Gasteiger partial charge in [0.25, 0.3) is 5.91 Å². The van der Waals surface area contributed by atoms with Crippen molar-refractivity contribution in [2.75, 3.05) is 20.4 Å². The van der Waals surface area contributed by atoms with E-state index >= 15 is 0 Å². The first-order valence-corrected chi connectivity index (χ1v) is 6.79. The van der Waals surface area contributed by atoms with Gasteiger partial charge in [-0.05, 0) is 24.6 Å². The van der Waals surface area contributed by atoms with Gasteiger partial charge in [0, 0.05) is 18.9 Å². The molecule has 6 heteroatoms. The Morgan fingerprint density at radius 3 is 2.41 bits per heavy atom. The number of carbonyl (C=O) groups is 1. The number of hydroxylamine groups is 2. The van der Waals surface area contributed by atoms with Crippen LogP contribution in [0.2, 0.25) is 0 Å². The minimum absolute atomic E-state index is 0.121. The van der Waals surface area contributed by atoms with Gasteiger partial charge in [0.1, 0.15) is 0 Å². The fourth-order valence-electron chi connectivity index (χ4n) is 1.31. The molecule has 0 bridgehead atoms. The molecule has 17 heavy (non-hydrogen) atoms. The molecule has 1 aromatic rings. The van der Waals surface area contributed by atoms with Crippen molar-refractivity contribution in [2.24, 2.45) is 0 Å². The maximum absolute atomic E-state index is 11.9. The van der Waals surface area contributed by atoms with Crippen LogP contribution >= 0.6 is 0 Å². The third-order valence-corrected chi connectivity index (χ3v) is 3.54. The predicted molar refractivity (Wildman–Crippen MR) is 63.4 cm³/mol. The van der Waals surface area contributed by atoms with E-state index < -0.39 is 9.84 Å². The summed E-state index contributed by atoms with van der Waals surface area (Å²) in [5.74, 6) is -0.379. The molecule has 0 aliphatic carbocycles. The van der Waals surface area contributed by atoms with Gasteiger partial charge in [0.05, 0.1) is 12.0 Å². The van der Waals surface area contributed by atoms with E-state index in [0.29, 0.717) is 11.1 Å². The van der Waals surface area contributed by atoms with Crippen LogP contribution in [0.4, 0.5) is 0 Å². The Balaban J connectivity index is 3.30. The number of hydrogen-bond acceptors (Lipinski definition) is 4. The number of rotatable bonds is 3. The third-order valence-electron chi connectivity index (χ3n) is 2.43. The number of aryl methyl sites for hydroxylation is 1. The van der Waals surface area contributed by atoms with Gasteiger partial charge in [-0.25, -0.2) is 13.5 Å². The van der Waals surface area contributed by atoms with E-state index in [2.05, 4.69) is 0 Å². The van der Waals surface area contributed by atoms with Gasteiger partial charge in [-0.3, -0.25) is 9.63 Å². The van der Waals surface area contributed by atoms with Crippen LogP contribution in [-0.4, -0.2) is 39.8 Å². The molecule has 0 spiro atoms. The Hall–Kier alpha value is -1.40. The van der Waals surface area contributed by atoms with Crippen molar-refractivity contribution in [3.8, 4) is 0 Å². The molecule has 0 fully saturated rings. The van der Waals surface area contributed by atoms with Crippen molar-refractivity contribution in [2.45, 2.75) is 11.8 Å². The molecule has 0 unspecified atom stereocenters. The second-order valence-corrected chi connectivity index (χ2v) is 5.75. The van der Waals surface area contributed by atoms with E-state index in [0.717, 1.165) is 11.3 Å². The lowest BCUT2D eigenvalue weighted by Crippen LogP contribution is -2.26. The molecule has 0 radical (unpaired) electrons. The summed E-state index contributed by atoms with van der Waals surface area (Å²) < 4.78 is 22.8. The monoisotopic (exact) mass is 257 g/mol. The van der Waals surface area contributed by atoms with Crippen molar-refractivity contribution in [3.63, 3.8) is 0 Å². The van der Waals surface area contributed by atoms with Crippen LogP contribution < -0.4 is 0 Å². The average Bonchev–Trinajstić information content (AvgIpc) is 2.26. The van der Waals surface area contributed by atoms with Gasteiger partial charge in [-0.2, -0.15) is 0 Å². The second kappa shape index (κ2) is 4.85. The smallest absolute Gasteiger partial charge is 0.274 e. The average molecular weight is 257 g/mol. The van der Waals surface area contributed by atoms with Crippen LogP contribution in [0.15, 0.2) is 23.1 Å². The summed E-state index contributed by atoms with van der Waals surface area (Å²) in [6.07, 6.45) is 1.10. The van der Waals surface area contributed by atoms with Crippen LogP contribution in [0, 0.1) is 6.92 Å². The zero-order valence-corrected chi connectivity index (χ0v) is 11.0. The molecule has 0 atom stereocenters. The van der Waals surface area contributed by atoms with Crippen LogP contribution in [-0.2, 0) is 14.7 Å². The first kappa shape index (κ1) is 13.7. The molecule has 0 aromatic heterocycles. The van der Waals surface area contributed by atoms with E-state index in [1.54, 1.807) is 13.0 Å². The van der Waals surface area contributed by atoms with Gasteiger partial charge in [-0.1, -0.05) is 6.07 Å². The van der Waals surface area contributed by atoms with Gasteiger partial charge >= 0.3 is 0 Å². The van der Waals surface area contributed by atoms with Crippen molar-refractivity contribution >= 4 is 15.7 Å². The molecule has 0 aliphatic heterocycles. The lowest BCUT2D eigenvalue weighted by atomic mass is 10.1. The molecule has 0 saturated heterocycles. The Bertz CT molecular complexity index is 536. The lowest BCUT2D eigenvalue weighted by Gasteiger charge is -2.15. The minimum Gasteiger partial charge on any atom is -0.274 e. The van der Waals surface area contributed by atoms with Crippen molar-refractivity contribution < 1.29 is 18.0 Å². The number of sulfone groups is 1. The largest absolute Gasteiger partial charge is 0.277 e. The molecular formula is C11H15NO4S. The van der Waals surface area contributed by atoms with Gasteiger partial charge in [-0.15, -0.1) is 0 Å². The molecule has 1 aromatic carbocycles. The first-order valence-electron chi connectivity index (χ1n) is 4.90. The van der Waals surface area contributed by atoms with Crippen molar-refractivity contribution in [1.82, 2.24) is 5.06 Å². The van der Waals surface area contributed by atoms with E-state index in [4.69, 9.17) is 4.84 Å². The van der Waals surface area contributed by atoms with E-state index in [-0.39, 0.29) is 10.8 Å². The van der Waals surface area contributed by atoms with Crippen LogP contribution in [0.3, 0.4) is 0 Å². The standard InChI is InChI=1S/C11H15NO4S/c1-8-5-6-9(17(4,14)15)7-10(8)11(13)12(2)16-3/h5-7H,1-4H3. The van der Waals surface area contributed by atoms with Crippen LogP contribution in [0.25, 0.3) is 0 Å². The SMILES string of the molecule is CON(C)C(=O)c1cc(S(C)(=O)=O)ccc1C. The molecule has 94 valence electrons. The summed E-state index contributed by atoms with van der Waals surface area (Å²) >= 11 is 0. The highest BCUT2D eigenvalue weighted by Gasteiger charge is 2.17. The topological polar surface area (TPSA) is 63.7 Å². The summed E-state index contributed by atoms with van der Waals surface area (Å²) in [5, 5.41) is 1.05. The van der Waals surface area contributed by atoms with E-state index in [1.807, 2.05) is 0 Å². The molecule has 5 nitrogen and oxygen atoms in total. The van der Waals surface area contributed by atoms with Crippen LogP contribution in [0.5, 0.6) is 0 Å². The normalized spacial score (nSPS) is 11.3. The van der Waals surface area contributed by atoms with Crippen molar-refractivity contribution in [1.29, 1.82) is 0 Å². The summed E-state index contributed by atoms with van der Waals surface area (Å²) in [4.78, 5) is 16.8. The highest BCUT2D eigenvalue weighted by Crippen LogP contribution is 2.17. The second-order valence-electron chi connectivity index (χ2n) is 3.73. The van der Waals surface area contributed by atoms with Gasteiger partial charge < -0.3 is 0 Å². The first-order chi connectivity index (χ1) is 7.77. The van der Waals surface area contributed by atoms with E-state index in [1.165, 1.54) is 26.3 Å². The molecule has 1 rings (SSSR count). The summed E-state index contributed by atoms with van der Waals surface area (Å²) in [6, 6.07) is 4.45. The maximum atomic E-state index is 11.9. The van der Waals surface area contributed by atoms with Crippen LogP contribution in [0.1, 0.15) is 15.9 Å². The van der Waals surface area contributed by atoms with Gasteiger partial charge in [0.2, 0.25) is 0 Å². The number of amides is 1. The zero-order valence-electron chi connectivity index (χ0n) is 10.2. The Morgan fingerprint density at radius 1 is 1.35 bits per heavy atom. The Morgan fingerprint density at radius 2 is 1.94 bits per heavy atom. The van der Waals surface area contributed by atoms with Crippen molar-refractivity contribution in [3.05, 3.63) is 29.3 Å². The molecule has 0 aliphatic rings. The molecule has 0 saturated carbocycles. The minimum atomic E-state index is -3.32. The third kappa shape index (κ3) is 3.04. The maximum Gasteiger partial charge on any atom is 0.277 e. The zero-order chi connectivity index (χ0) is 13.2. The highest BCUT2D eigenvalue weighted by molar-refractivity contribution is 7.90. The fraction of sp³-hybridized carbons (Fsp3) is 0.364. The Kier molecular flexibility index (Phi) is 3.90. The summed E-state index contributed by atoms with van der Waals surface area (Å²) in [7, 11) is -0.484. The Labute approximate surface area is 101 Å². The summed E-state index contributed by atoms with van der Waals surface area (Å²) in [6.45, 7) is 1.74. The number of carbonyl (C=O) groups excluding carboxylic acids is 1. The molecule has 0 heterocycles. The fourth-order valence-corrected chi connectivity index (χ4v) is 1.96. The highest BCUT2D eigenvalue weighted by atomic mass is 32.2. The quantitative estimate of drug-likeness (QED) is 0.759. The number of benzene rings is 1. The molecule has 1 amide bonds. The van der Waals surface area contributed by atoms with Gasteiger partial charge in [0.15, 0.2) is 9.84 Å². The van der Waals surface area contributed by atoms with E-state index in [9.17, 15) is 13.2 Å². The molecule has 0 N–H and O–H groups in total. The number of nitrogens with zero attached hydrogens (tertiary/aromatic N) is 1. The lowest BCUT2D eigenvalue weighted by molar-refractivity contribution is -0.0757. The summed E-state index contributed by atoms with van der Waals surface area (Å²) in [5.41, 5.74) is 1.02.